The van der Waals surface area contributed by atoms with Crippen molar-refractivity contribution in [1.29, 1.82) is 0 Å². The van der Waals surface area contributed by atoms with Crippen molar-refractivity contribution in [3.63, 3.8) is 0 Å². The zero-order chi connectivity index (χ0) is 9.56. The Bertz CT molecular complexity index is 141. The molecule has 2 unspecified atom stereocenters. The SMILES string of the molecule is COC(C)OC(C)OOC(C)=O.[PbH2]. The van der Waals surface area contributed by atoms with Gasteiger partial charge in [0.25, 0.3) is 0 Å². The van der Waals surface area contributed by atoms with Crippen LogP contribution in [0.1, 0.15) is 20.8 Å². The first-order valence-electron chi connectivity index (χ1n) is 3.58. The third-order valence-corrected chi connectivity index (χ3v) is 1.02. The molecule has 78 valence electrons. The van der Waals surface area contributed by atoms with Gasteiger partial charge in [0.05, 0.1) is 0 Å². The van der Waals surface area contributed by atoms with E-state index >= 15 is 0 Å². The zero-order valence-electron chi connectivity index (χ0n) is 8.40. The van der Waals surface area contributed by atoms with Crippen LogP contribution >= 0.6 is 0 Å². The van der Waals surface area contributed by atoms with Crippen LogP contribution in [0.3, 0.4) is 0 Å². The molecule has 2 atom stereocenters. The summed E-state index contributed by atoms with van der Waals surface area (Å²) in [5.74, 6) is -0.518. The van der Waals surface area contributed by atoms with Crippen LogP contribution in [0.2, 0.25) is 0 Å². The van der Waals surface area contributed by atoms with Crippen LogP contribution in [0.4, 0.5) is 0 Å². The molecule has 0 aliphatic carbocycles. The van der Waals surface area contributed by atoms with Gasteiger partial charge >= 0.3 is 33.3 Å². The van der Waals surface area contributed by atoms with Crippen LogP contribution in [0.25, 0.3) is 0 Å². The van der Waals surface area contributed by atoms with Gasteiger partial charge in [-0.25, -0.2) is 4.79 Å². The molecular formula is C7H16O5Pb. The van der Waals surface area contributed by atoms with Crippen molar-refractivity contribution in [2.45, 2.75) is 33.4 Å². The first-order valence-corrected chi connectivity index (χ1v) is 3.58. The molecule has 0 aliphatic rings. The van der Waals surface area contributed by atoms with Gasteiger partial charge < -0.3 is 9.47 Å². The summed E-state index contributed by atoms with van der Waals surface area (Å²) < 4.78 is 9.81. The summed E-state index contributed by atoms with van der Waals surface area (Å²) in [7, 11) is 1.50. The fraction of sp³-hybridized carbons (Fsp3) is 0.857. The quantitative estimate of drug-likeness (QED) is 0.286. The van der Waals surface area contributed by atoms with Crippen LogP contribution in [-0.2, 0) is 24.0 Å². The number of rotatable bonds is 5. The van der Waals surface area contributed by atoms with E-state index in [1.165, 1.54) is 14.0 Å². The number of hydrogen-bond donors (Lipinski definition) is 0. The molecule has 0 bridgehead atoms. The first kappa shape index (κ1) is 15.7. The van der Waals surface area contributed by atoms with Crippen molar-refractivity contribution in [3.8, 4) is 0 Å². The Morgan fingerprint density at radius 2 is 1.77 bits per heavy atom. The zero-order valence-corrected chi connectivity index (χ0v) is 13.9. The van der Waals surface area contributed by atoms with E-state index in [0.29, 0.717) is 0 Å². The molecule has 0 fully saturated rings. The molecule has 0 saturated carbocycles. The minimum atomic E-state index is -0.635. The molecule has 0 spiro atoms. The van der Waals surface area contributed by atoms with E-state index in [-0.39, 0.29) is 27.3 Å². The molecule has 0 aromatic rings. The molecule has 6 heteroatoms. The first-order chi connectivity index (χ1) is 5.56. The van der Waals surface area contributed by atoms with Gasteiger partial charge in [0.2, 0.25) is 6.29 Å². The summed E-state index contributed by atoms with van der Waals surface area (Å²) in [6, 6.07) is 0. The van der Waals surface area contributed by atoms with Gasteiger partial charge in [-0.3, -0.25) is 4.89 Å². The second kappa shape index (κ2) is 8.85. The number of carbonyl (C=O) groups is 1. The predicted molar refractivity (Wildman–Crippen MR) is 48.4 cm³/mol. The van der Waals surface area contributed by atoms with Gasteiger partial charge in [-0.05, 0) is 13.8 Å². The van der Waals surface area contributed by atoms with Gasteiger partial charge in [0, 0.05) is 14.0 Å². The van der Waals surface area contributed by atoms with Crippen molar-refractivity contribution in [2.24, 2.45) is 0 Å². The second-order valence-electron chi connectivity index (χ2n) is 2.18. The van der Waals surface area contributed by atoms with E-state index in [4.69, 9.17) is 9.47 Å². The Balaban J connectivity index is 0. The third-order valence-electron chi connectivity index (χ3n) is 1.02. The van der Waals surface area contributed by atoms with Gasteiger partial charge in [0.1, 0.15) is 0 Å². The maximum absolute atomic E-state index is 10.3. The Hall–Kier alpha value is 0.272. The molecule has 13 heavy (non-hydrogen) atoms. The minimum absolute atomic E-state index is 0. The molecule has 2 radical (unpaired) electrons. The Morgan fingerprint density at radius 1 is 1.23 bits per heavy atom. The average molecular weight is 387 g/mol. The van der Waals surface area contributed by atoms with Gasteiger partial charge in [-0.2, -0.15) is 4.89 Å². The van der Waals surface area contributed by atoms with Crippen LogP contribution in [0.5, 0.6) is 0 Å². The molecule has 0 rings (SSSR count). The molecule has 0 aliphatic heterocycles. The summed E-state index contributed by atoms with van der Waals surface area (Å²) in [5, 5.41) is 0. The fourth-order valence-corrected chi connectivity index (χ4v) is 0.484. The van der Waals surface area contributed by atoms with E-state index in [1.54, 1.807) is 13.8 Å². The van der Waals surface area contributed by atoms with E-state index in [1.807, 2.05) is 0 Å². The number of carbonyl (C=O) groups excluding carboxylic acids is 1. The van der Waals surface area contributed by atoms with Crippen LogP contribution in [0.15, 0.2) is 0 Å². The summed E-state index contributed by atoms with van der Waals surface area (Å²) in [6.45, 7) is 4.54. The number of hydrogen-bond acceptors (Lipinski definition) is 5. The molecular weight excluding hydrogens is 371 g/mol. The third kappa shape index (κ3) is 10.2. The van der Waals surface area contributed by atoms with E-state index in [0.717, 1.165) is 0 Å². The number of methoxy groups -OCH3 is 1. The van der Waals surface area contributed by atoms with E-state index in [2.05, 4.69) is 9.78 Å². The molecule has 0 aromatic carbocycles. The van der Waals surface area contributed by atoms with Gasteiger partial charge in [0.15, 0.2) is 6.29 Å². The van der Waals surface area contributed by atoms with Crippen molar-refractivity contribution >= 4 is 33.3 Å². The van der Waals surface area contributed by atoms with Crippen LogP contribution in [0, 0.1) is 0 Å². The average Bonchev–Trinajstić information content (AvgIpc) is 2.00. The van der Waals surface area contributed by atoms with Gasteiger partial charge in [-0.1, -0.05) is 0 Å². The van der Waals surface area contributed by atoms with Crippen molar-refractivity contribution < 1.29 is 24.0 Å². The Labute approximate surface area is 97.8 Å². The van der Waals surface area contributed by atoms with E-state index < -0.39 is 18.5 Å². The van der Waals surface area contributed by atoms with Crippen LogP contribution < -0.4 is 0 Å². The molecule has 0 aromatic heterocycles. The summed E-state index contributed by atoms with van der Waals surface area (Å²) in [5.41, 5.74) is 0. The molecule has 0 amide bonds. The topological polar surface area (TPSA) is 54.0 Å². The molecule has 0 N–H and O–H groups in total. The van der Waals surface area contributed by atoms with Crippen LogP contribution in [-0.4, -0.2) is 53.0 Å². The molecule has 5 nitrogen and oxygen atoms in total. The van der Waals surface area contributed by atoms with Gasteiger partial charge in [-0.15, -0.1) is 0 Å². The normalized spacial score (nSPS) is 14.2. The summed E-state index contributed by atoms with van der Waals surface area (Å²) >= 11 is 0. The van der Waals surface area contributed by atoms with Crippen molar-refractivity contribution in [2.75, 3.05) is 7.11 Å². The molecule has 0 saturated heterocycles. The maximum atomic E-state index is 10.3. The van der Waals surface area contributed by atoms with E-state index in [9.17, 15) is 4.79 Å². The Morgan fingerprint density at radius 3 is 2.15 bits per heavy atom. The summed E-state index contributed by atoms with van der Waals surface area (Å²) in [4.78, 5) is 19.0. The monoisotopic (exact) mass is 388 g/mol. The van der Waals surface area contributed by atoms with Crippen molar-refractivity contribution in [3.05, 3.63) is 0 Å². The standard InChI is InChI=1S/C7H14O5.Pb.2H/c1-5(8)11-12-7(3)10-6(2)9-4;;;/h6-7H,1-4H3;;;. The number of ether oxygens (including phenoxy) is 2. The Kier molecular flexibility index (Phi) is 10.7. The predicted octanol–water partition coefficient (Wildman–Crippen LogP) is -0.0801. The summed E-state index contributed by atoms with van der Waals surface area (Å²) in [6.07, 6.45) is -1.03. The molecule has 0 heterocycles. The second-order valence-corrected chi connectivity index (χ2v) is 2.18. The fourth-order valence-electron chi connectivity index (χ4n) is 0.484. The van der Waals surface area contributed by atoms with Crippen molar-refractivity contribution in [1.82, 2.24) is 0 Å².